The average molecular weight is 341 g/mol. The first-order valence-electron chi connectivity index (χ1n) is 7.92. The summed E-state index contributed by atoms with van der Waals surface area (Å²) in [5.74, 6) is 1.20. The molecule has 2 aromatic carbocycles. The highest BCUT2D eigenvalue weighted by atomic mass is 16.5. The smallest absolute Gasteiger partial charge is 0.203 e. The summed E-state index contributed by atoms with van der Waals surface area (Å²) in [5, 5.41) is 3.19. The molecule has 5 heteroatoms. The van der Waals surface area contributed by atoms with Crippen LogP contribution in [0.5, 0.6) is 17.2 Å². The average Bonchev–Trinajstić information content (AvgIpc) is 2.67. The first-order chi connectivity index (χ1) is 12.1. The lowest BCUT2D eigenvalue weighted by Gasteiger charge is -2.13. The Balaban J connectivity index is 2.12. The molecular formula is C20H23NO4. The van der Waals surface area contributed by atoms with E-state index in [2.05, 4.69) is 5.32 Å². The molecule has 132 valence electrons. The molecule has 0 aliphatic carbocycles. The summed E-state index contributed by atoms with van der Waals surface area (Å²) in [6.07, 6.45) is 3.14. The van der Waals surface area contributed by atoms with Crippen molar-refractivity contribution in [2.75, 3.05) is 21.3 Å². The number of allylic oxidation sites excluding steroid dienone is 1. The topological polar surface area (TPSA) is 56.8 Å². The molecule has 1 atom stereocenters. The quantitative estimate of drug-likeness (QED) is 0.585. The molecule has 0 fully saturated rings. The van der Waals surface area contributed by atoms with Crippen LogP contribution in [0.2, 0.25) is 0 Å². The number of hydrogen-bond acceptors (Lipinski definition) is 5. The fraction of sp³-hybridized carbons (Fsp3) is 0.250. The Bertz CT molecular complexity index is 716. The van der Waals surface area contributed by atoms with E-state index in [1.807, 2.05) is 37.3 Å². The number of ketones is 1. The van der Waals surface area contributed by atoms with Crippen LogP contribution in [0, 0.1) is 0 Å². The molecule has 2 aromatic rings. The van der Waals surface area contributed by atoms with Crippen molar-refractivity contribution in [3.8, 4) is 17.2 Å². The minimum absolute atomic E-state index is 0.102. The molecule has 0 unspecified atom stereocenters. The van der Waals surface area contributed by atoms with Crippen molar-refractivity contribution in [1.82, 2.24) is 5.32 Å². The third-order valence-corrected chi connectivity index (χ3v) is 3.83. The van der Waals surface area contributed by atoms with Gasteiger partial charge in [0.1, 0.15) is 0 Å². The lowest BCUT2D eigenvalue weighted by molar-refractivity contribution is 0.104. The van der Waals surface area contributed by atoms with Crippen LogP contribution in [-0.4, -0.2) is 27.1 Å². The fourth-order valence-corrected chi connectivity index (χ4v) is 2.43. The predicted molar refractivity (Wildman–Crippen MR) is 97.6 cm³/mol. The van der Waals surface area contributed by atoms with Gasteiger partial charge in [-0.2, -0.15) is 0 Å². The summed E-state index contributed by atoms with van der Waals surface area (Å²) < 4.78 is 15.8. The lowest BCUT2D eigenvalue weighted by atomic mass is 10.1. The molecule has 1 N–H and O–H groups in total. The van der Waals surface area contributed by atoms with Crippen LogP contribution in [0.15, 0.2) is 54.7 Å². The largest absolute Gasteiger partial charge is 0.493 e. The molecule has 0 saturated carbocycles. The first-order valence-corrected chi connectivity index (χ1v) is 7.92. The molecule has 5 nitrogen and oxygen atoms in total. The molecule has 0 amide bonds. The van der Waals surface area contributed by atoms with E-state index in [1.165, 1.54) is 27.4 Å². The number of rotatable bonds is 8. The zero-order chi connectivity index (χ0) is 18.2. The molecule has 0 spiro atoms. The summed E-state index contributed by atoms with van der Waals surface area (Å²) in [6, 6.07) is 13.4. The van der Waals surface area contributed by atoms with E-state index in [-0.39, 0.29) is 11.8 Å². The van der Waals surface area contributed by atoms with Crippen molar-refractivity contribution < 1.29 is 19.0 Å². The van der Waals surface area contributed by atoms with Crippen molar-refractivity contribution in [3.05, 3.63) is 65.9 Å². The highest BCUT2D eigenvalue weighted by Crippen LogP contribution is 2.38. The van der Waals surface area contributed by atoms with E-state index in [1.54, 1.807) is 18.3 Å². The molecule has 0 radical (unpaired) electrons. The summed E-state index contributed by atoms with van der Waals surface area (Å²) in [7, 11) is 4.56. The third kappa shape index (κ3) is 4.53. The Morgan fingerprint density at radius 2 is 1.60 bits per heavy atom. The van der Waals surface area contributed by atoms with Crippen molar-refractivity contribution in [3.63, 3.8) is 0 Å². The van der Waals surface area contributed by atoms with Gasteiger partial charge in [-0.1, -0.05) is 30.3 Å². The molecule has 25 heavy (non-hydrogen) atoms. The molecular weight excluding hydrogens is 318 g/mol. The zero-order valence-corrected chi connectivity index (χ0v) is 14.9. The molecule has 0 aliphatic rings. The summed E-state index contributed by atoms with van der Waals surface area (Å²) in [6.45, 7) is 2.03. The van der Waals surface area contributed by atoms with Crippen LogP contribution >= 0.6 is 0 Å². The maximum Gasteiger partial charge on any atom is 0.203 e. The third-order valence-electron chi connectivity index (χ3n) is 3.83. The minimum Gasteiger partial charge on any atom is -0.493 e. The van der Waals surface area contributed by atoms with Gasteiger partial charge in [-0.05, 0) is 24.6 Å². The van der Waals surface area contributed by atoms with E-state index in [0.29, 0.717) is 22.8 Å². The van der Waals surface area contributed by atoms with Gasteiger partial charge < -0.3 is 19.5 Å². The van der Waals surface area contributed by atoms with Crippen LogP contribution in [0.4, 0.5) is 0 Å². The number of carbonyl (C=O) groups is 1. The molecule has 0 heterocycles. The van der Waals surface area contributed by atoms with Crippen LogP contribution in [0.1, 0.15) is 28.9 Å². The maximum atomic E-state index is 12.4. The summed E-state index contributed by atoms with van der Waals surface area (Å²) in [4.78, 5) is 12.4. The molecule has 2 rings (SSSR count). The zero-order valence-electron chi connectivity index (χ0n) is 14.9. The minimum atomic E-state index is -0.160. The van der Waals surface area contributed by atoms with Crippen molar-refractivity contribution >= 4 is 5.78 Å². The van der Waals surface area contributed by atoms with Gasteiger partial charge in [0.2, 0.25) is 5.75 Å². The van der Waals surface area contributed by atoms with E-state index in [0.717, 1.165) is 5.56 Å². The number of carbonyl (C=O) groups excluding carboxylic acids is 1. The number of benzene rings is 2. The summed E-state index contributed by atoms with van der Waals surface area (Å²) in [5.41, 5.74) is 1.60. The first kappa shape index (κ1) is 18.4. The van der Waals surface area contributed by atoms with Crippen molar-refractivity contribution in [2.24, 2.45) is 0 Å². The molecule has 0 saturated heterocycles. The summed E-state index contributed by atoms with van der Waals surface area (Å²) >= 11 is 0. The van der Waals surface area contributed by atoms with Gasteiger partial charge >= 0.3 is 0 Å². The Hall–Kier alpha value is -2.95. The van der Waals surface area contributed by atoms with Crippen LogP contribution in [-0.2, 0) is 0 Å². The Kier molecular flexibility index (Phi) is 6.46. The number of methoxy groups -OCH3 is 3. The van der Waals surface area contributed by atoms with Crippen molar-refractivity contribution in [2.45, 2.75) is 13.0 Å². The van der Waals surface area contributed by atoms with Gasteiger partial charge in [0.15, 0.2) is 17.3 Å². The molecule has 0 aromatic heterocycles. The SMILES string of the molecule is COc1cc(C(=O)/C=C/N[C@H](C)c2ccccc2)cc(OC)c1OC. The van der Waals surface area contributed by atoms with Crippen LogP contribution in [0.25, 0.3) is 0 Å². The van der Waals surface area contributed by atoms with Gasteiger partial charge in [-0.3, -0.25) is 4.79 Å². The number of nitrogens with one attached hydrogen (secondary N) is 1. The monoisotopic (exact) mass is 341 g/mol. The standard InChI is InChI=1S/C20H23NO4/c1-14(15-8-6-5-7-9-15)21-11-10-17(22)16-12-18(23-2)20(25-4)19(13-16)24-3/h5-14,21H,1-4H3/b11-10+/t14-/m1/s1. The van der Waals surface area contributed by atoms with Gasteiger partial charge in [0.05, 0.1) is 21.3 Å². The van der Waals surface area contributed by atoms with Crippen molar-refractivity contribution in [1.29, 1.82) is 0 Å². The van der Waals surface area contributed by atoms with Gasteiger partial charge in [0.25, 0.3) is 0 Å². The van der Waals surface area contributed by atoms with Gasteiger partial charge in [-0.25, -0.2) is 0 Å². The lowest BCUT2D eigenvalue weighted by Crippen LogP contribution is -2.12. The second-order valence-corrected chi connectivity index (χ2v) is 5.41. The van der Waals surface area contributed by atoms with E-state index in [4.69, 9.17) is 14.2 Å². The highest BCUT2D eigenvalue weighted by molar-refractivity contribution is 6.05. The fourth-order valence-electron chi connectivity index (χ4n) is 2.43. The Labute approximate surface area is 148 Å². The second kappa shape index (κ2) is 8.78. The highest BCUT2D eigenvalue weighted by Gasteiger charge is 2.15. The van der Waals surface area contributed by atoms with Crippen LogP contribution in [0.3, 0.4) is 0 Å². The Morgan fingerprint density at radius 3 is 2.12 bits per heavy atom. The second-order valence-electron chi connectivity index (χ2n) is 5.41. The normalized spacial score (nSPS) is 11.8. The van der Waals surface area contributed by atoms with E-state index in [9.17, 15) is 4.79 Å². The molecule has 0 bridgehead atoms. The van der Waals surface area contributed by atoms with Gasteiger partial charge in [-0.15, -0.1) is 0 Å². The Morgan fingerprint density at radius 1 is 1.00 bits per heavy atom. The predicted octanol–water partition coefficient (Wildman–Crippen LogP) is 3.76. The number of hydrogen-bond donors (Lipinski definition) is 1. The molecule has 0 aliphatic heterocycles. The van der Waals surface area contributed by atoms with Gasteiger partial charge in [0, 0.05) is 23.9 Å². The van der Waals surface area contributed by atoms with E-state index >= 15 is 0 Å². The van der Waals surface area contributed by atoms with Crippen LogP contribution < -0.4 is 19.5 Å². The number of ether oxygens (including phenoxy) is 3. The van der Waals surface area contributed by atoms with E-state index < -0.39 is 0 Å². The maximum absolute atomic E-state index is 12.4.